The first-order chi connectivity index (χ1) is 22.3. The number of ether oxygens (including phenoxy) is 2. The highest BCUT2D eigenvalue weighted by atomic mass is 35.5. The van der Waals surface area contributed by atoms with Crippen LogP contribution in [0.2, 0.25) is 20.1 Å². The summed E-state index contributed by atoms with van der Waals surface area (Å²) in [4.78, 5) is 19.7. The Kier molecular flexibility index (Phi) is 10.5. The van der Waals surface area contributed by atoms with E-state index in [4.69, 9.17) is 60.9 Å². The Labute approximate surface area is 291 Å². The third kappa shape index (κ3) is 7.88. The van der Waals surface area contributed by atoms with E-state index in [1.807, 2.05) is 54.6 Å². The Bertz CT molecular complexity index is 1910. The van der Waals surface area contributed by atoms with Gasteiger partial charge in [0.15, 0.2) is 0 Å². The van der Waals surface area contributed by atoms with Gasteiger partial charge in [-0.2, -0.15) is 0 Å². The van der Waals surface area contributed by atoms with Crippen LogP contribution < -0.4 is 14.8 Å². The van der Waals surface area contributed by atoms with E-state index in [-0.39, 0.29) is 19.1 Å². The second-order valence-electron chi connectivity index (χ2n) is 10.7. The summed E-state index contributed by atoms with van der Waals surface area (Å²) in [5, 5.41) is 5.85. The van der Waals surface area contributed by atoms with Gasteiger partial charge >= 0.3 is 0 Å². The first-order valence-corrected chi connectivity index (χ1v) is 17.0. The molecule has 1 aliphatic rings. The van der Waals surface area contributed by atoms with Crippen LogP contribution in [0.1, 0.15) is 50.3 Å². The molecule has 0 saturated heterocycles. The van der Waals surface area contributed by atoms with Crippen LogP contribution in [0.5, 0.6) is 11.5 Å². The smallest absolute Gasteiger partial charge is 0.259 e. The van der Waals surface area contributed by atoms with Crippen molar-refractivity contribution in [2.75, 3.05) is 5.32 Å². The number of aryl methyl sites for hydroxylation is 1. The van der Waals surface area contributed by atoms with Gasteiger partial charge in [0.25, 0.3) is 5.91 Å². The Hall–Kier alpha value is -3.52. The fourth-order valence-corrected chi connectivity index (χ4v) is 7.31. The van der Waals surface area contributed by atoms with Gasteiger partial charge in [0.1, 0.15) is 29.7 Å². The zero-order valence-electron chi connectivity index (χ0n) is 24.5. The van der Waals surface area contributed by atoms with E-state index in [1.165, 1.54) is 4.88 Å². The number of para-hydroxylation sites is 1. The van der Waals surface area contributed by atoms with Gasteiger partial charge in [-0.15, -0.1) is 11.3 Å². The zero-order valence-corrected chi connectivity index (χ0v) is 28.3. The summed E-state index contributed by atoms with van der Waals surface area (Å²) in [6, 6.07) is 25.5. The summed E-state index contributed by atoms with van der Waals surface area (Å²) >= 11 is 26.5. The summed E-state index contributed by atoms with van der Waals surface area (Å²) in [5.74, 6) is 0.956. The summed E-state index contributed by atoms with van der Waals surface area (Å²) in [6.45, 7) is 0.438. The average Bonchev–Trinajstić information content (AvgIpc) is 3.42. The highest BCUT2D eigenvalue weighted by molar-refractivity contribution is 7.16. The van der Waals surface area contributed by atoms with E-state index in [9.17, 15) is 4.79 Å². The van der Waals surface area contributed by atoms with Crippen molar-refractivity contribution in [1.82, 2.24) is 0 Å². The van der Waals surface area contributed by atoms with Crippen LogP contribution in [0.3, 0.4) is 0 Å². The van der Waals surface area contributed by atoms with Gasteiger partial charge < -0.3 is 14.8 Å². The van der Waals surface area contributed by atoms with Crippen LogP contribution in [-0.4, -0.2) is 12.1 Å². The van der Waals surface area contributed by atoms with E-state index < -0.39 is 0 Å². The monoisotopic (exact) mass is 708 g/mol. The molecule has 46 heavy (non-hydrogen) atoms. The number of benzene rings is 4. The van der Waals surface area contributed by atoms with Crippen molar-refractivity contribution < 1.29 is 14.3 Å². The van der Waals surface area contributed by atoms with Gasteiger partial charge in [-0.05, 0) is 79.8 Å². The third-order valence-electron chi connectivity index (χ3n) is 7.53. The van der Waals surface area contributed by atoms with Gasteiger partial charge in [0.05, 0.1) is 5.56 Å². The molecule has 1 aliphatic carbocycles. The number of hydrogen-bond acceptors (Lipinski definition) is 5. The fraction of sp³-hybridized carbons (Fsp3) is 0.167. The van der Waals surface area contributed by atoms with Crippen LogP contribution in [0.4, 0.5) is 10.7 Å². The minimum absolute atomic E-state index is 0.156. The van der Waals surface area contributed by atoms with Gasteiger partial charge in [0.2, 0.25) is 0 Å². The topological polar surface area (TPSA) is 59.9 Å². The largest absolute Gasteiger partial charge is 0.489 e. The molecule has 0 saturated carbocycles. The molecule has 5 nitrogen and oxygen atoms in total. The van der Waals surface area contributed by atoms with Crippen molar-refractivity contribution in [1.29, 1.82) is 0 Å². The van der Waals surface area contributed by atoms with E-state index in [2.05, 4.69) is 5.32 Å². The van der Waals surface area contributed by atoms with E-state index in [0.29, 0.717) is 47.7 Å². The van der Waals surface area contributed by atoms with Crippen molar-refractivity contribution in [3.8, 4) is 11.5 Å². The summed E-state index contributed by atoms with van der Waals surface area (Å²) in [6.07, 6.45) is 5.69. The lowest BCUT2D eigenvalue weighted by molar-refractivity contribution is 0.102. The number of thiophene rings is 1. The third-order valence-corrected chi connectivity index (χ3v) is 9.90. The summed E-state index contributed by atoms with van der Waals surface area (Å²) < 4.78 is 12.4. The second-order valence-corrected chi connectivity index (χ2v) is 13.5. The first-order valence-electron chi connectivity index (χ1n) is 14.7. The standard InChI is InChI=1S/C36H28Cl4N2O3S/c37-25-13-10-23(30(39)16-25)20-44-28-15-12-22(32(18-28)45-21-24-11-14-26(38)17-31(24)40)19-41-36-34(29-8-4-5-9-33(29)46-36)35(43)42-27-6-2-1-3-7-27/h1-3,6-7,10-19H,4-5,8-9,20-21H2,(H,42,43). The Morgan fingerprint density at radius 3 is 2.17 bits per heavy atom. The quantitative estimate of drug-likeness (QED) is 0.147. The molecule has 234 valence electrons. The Morgan fingerprint density at radius 1 is 0.804 bits per heavy atom. The number of carbonyl (C=O) groups excluding carboxylic acids is 1. The molecule has 5 aromatic rings. The summed E-state index contributed by atoms with van der Waals surface area (Å²) in [7, 11) is 0. The molecule has 6 rings (SSSR count). The van der Waals surface area contributed by atoms with Crippen molar-refractivity contribution in [3.05, 3.63) is 138 Å². The van der Waals surface area contributed by atoms with Crippen LogP contribution in [0.15, 0.2) is 89.9 Å². The van der Waals surface area contributed by atoms with Crippen LogP contribution in [0, 0.1) is 0 Å². The van der Waals surface area contributed by atoms with Crippen molar-refractivity contribution >= 4 is 80.6 Å². The highest BCUT2D eigenvalue weighted by Crippen LogP contribution is 2.40. The molecular weight excluding hydrogens is 682 g/mol. The molecule has 0 aliphatic heterocycles. The number of aliphatic imine (C=N–C) groups is 1. The number of halogens is 4. The first kappa shape index (κ1) is 32.4. The lowest BCUT2D eigenvalue weighted by Gasteiger charge is -2.14. The van der Waals surface area contributed by atoms with Gasteiger partial charge in [-0.25, -0.2) is 4.99 Å². The SMILES string of the molecule is O=C(Nc1ccccc1)c1c(N=Cc2ccc(OCc3ccc(Cl)cc3Cl)cc2OCc2ccc(Cl)cc2Cl)sc2c1CCCC2. The molecule has 0 atom stereocenters. The summed E-state index contributed by atoms with van der Waals surface area (Å²) in [5.41, 5.74) is 4.76. The highest BCUT2D eigenvalue weighted by Gasteiger charge is 2.25. The molecular formula is C36H28Cl4N2O3S. The zero-order chi connectivity index (χ0) is 32.0. The number of hydrogen-bond donors (Lipinski definition) is 1. The van der Waals surface area contributed by atoms with E-state index >= 15 is 0 Å². The lowest BCUT2D eigenvalue weighted by atomic mass is 9.95. The van der Waals surface area contributed by atoms with Crippen LogP contribution in [0.25, 0.3) is 0 Å². The second kappa shape index (κ2) is 14.9. The van der Waals surface area contributed by atoms with Gasteiger partial charge in [-0.3, -0.25) is 4.79 Å². The average molecular weight is 711 g/mol. The van der Waals surface area contributed by atoms with Gasteiger partial charge in [-0.1, -0.05) is 76.7 Å². The normalized spacial score (nSPS) is 12.6. The lowest BCUT2D eigenvalue weighted by Crippen LogP contribution is -2.14. The molecule has 1 N–H and O–H groups in total. The van der Waals surface area contributed by atoms with Crippen molar-refractivity contribution in [2.45, 2.75) is 38.9 Å². The van der Waals surface area contributed by atoms with Crippen molar-refractivity contribution in [2.24, 2.45) is 4.99 Å². The fourth-order valence-electron chi connectivity index (χ4n) is 5.15. The molecule has 1 heterocycles. The maximum absolute atomic E-state index is 13.6. The molecule has 0 radical (unpaired) electrons. The van der Waals surface area contributed by atoms with E-state index in [1.54, 1.807) is 47.9 Å². The minimum Gasteiger partial charge on any atom is -0.489 e. The number of nitrogens with one attached hydrogen (secondary N) is 1. The minimum atomic E-state index is -0.156. The van der Waals surface area contributed by atoms with Crippen LogP contribution in [-0.2, 0) is 26.1 Å². The van der Waals surface area contributed by atoms with Crippen molar-refractivity contribution in [3.63, 3.8) is 0 Å². The molecule has 0 bridgehead atoms. The maximum Gasteiger partial charge on any atom is 0.259 e. The number of rotatable bonds is 10. The number of amides is 1. The molecule has 0 unspecified atom stereocenters. The molecule has 4 aromatic carbocycles. The Morgan fingerprint density at radius 2 is 1.48 bits per heavy atom. The number of carbonyl (C=O) groups is 1. The molecule has 0 spiro atoms. The van der Waals surface area contributed by atoms with Gasteiger partial charge in [0, 0.05) is 59.6 Å². The van der Waals surface area contributed by atoms with E-state index in [0.717, 1.165) is 48.1 Å². The predicted octanol–water partition coefficient (Wildman–Crippen LogP) is 11.4. The molecule has 10 heteroatoms. The molecule has 1 aromatic heterocycles. The maximum atomic E-state index is 13.6. The molecule has 1 amide bonds. The predicted molar refractivity (Wildman–Crippen MR) is 191 cm³/mol. The van der Waals surface area contributed by atoms with Crippen LogP contribution >= 0.6 is 57.7 Å². The number of anilines is 1. The molecule has 0 fully saturated rings. The number of nitrogens with zero attached hydrogens (tertiary/aromatic N) is 1. The number of fused-ring (bicyclic) bond motifs is 1. The Balaban J connectivity index is 1.30.